The van der Waals surface area contributed by atoms with Gasteiger partial charge in [-0.15, -0.1) is 11.6 Å². The van der Waals surface area contributed by atoms with Crippen LogP contribution in [0.5, 0.6) is 0 Å². The minimum atomic E-state index is -4.22. The van der Waals surface area contributed by atoms with Crippen molar-refractivity contribution in [2.45, 2.75) is 38.3 Å². The molecule has 0 N–H and O–H groups in total. The molecule has 0 aromatic rings. The van der Waals surface area contributed by atoms with E-state index in [-0.39, 0.29) is 12.0 Å². The standard InChI is InChI=1S/C10H16ClF3O/c11-7-9(3-1-2-4-9)5-6-15-8-10(12,13)14/h1-8H2. The Morgan fingerprint density at radius 2 is 1.80 bits per heavy atom. The summed E-state index contributed by atoms with van der Waals surface area (Å²) >= 11 is 5.86. The minimum Gasteiger partial charge on any atom is -0.372 e. The minimum absolute atomic E-state index is 0.0349. The summed E-state index contributed by atoms with van der Waals surface area (Å²) in [5.74, 6) is 0.530. The molecule has 1 aliphatic carbocycles. The first-order valence-electron chi connectivity index (χ1n) is 5.18. The van der Waals surface area contributed by atoms with Crippen molar-refractivity contribution in [2.75, 3.05) is 19.1 Å². The summed E-state index contributed by atoms with van der Waals surface area (Å²) in [6.07, 6.45) is 0.728. The first-order valence-corrected chi connectivity index (χ1v) is 5.71. The molecule has 0 saturated heterocycles. The van der Waals surface area contributed by atoms with Gasteiger partial charge in [0.15, 0.2) is 0 Å². The van der Waals surface area contributed by atoms with Crippen LogP contribution in [0.2, 0.25) is 0 Å². The average molecular weight is 245 g/mol. The highest BCUT2D eigenvalue weighted by Crippen LogP contribution is 2.42. The fourth-order valence-corrected chi connectivity index (χ4v) is 2.45. The van der Waals surface area contributed by atoms with Gasteiger partial charge < -0.3 is 4.74 Å². The maximum Gasteiger partial charge on any atom is 0.411 e. The van der Waals surface area contributed by atoms with E-state index >= 15 is 0 Å². The first-order chi connectivity index (χ1) is 6.97. The number of rotatable bonds is 5. The van der Waals surface area contributed by atoms with Gasteiger partial charge >= 0.3 is 6.18 Å². The Morgan fingerprint density at radius 1 is 1.20 bits per heavy atom. The van der Waals surface area contributed by atoms with E-state index in [1.165, 1.54) is 0 Å². The predicted octanol–water partition coefficient (Wildman–Crippen LogP) is 3.75. The highest BCUT2D eigenvalue weighted by Gasteiger charge is 2.33. The molecule has 0 aromatic heterocycles. The van der Waals surface area contributed by atoms with Gasteiger partial charge in [0.25, 0.3) is 0 Å². The third-order valence-electron chi connectivity index (χ3n) is 2.99. The predicted molar refractivity (Wildman–Crippen MR) is 53.1 cm³/mol. The van der Waals surface area contributed by atoms with Crippen molar-refractivity contribution < 1.29 is 17.9 Å². The Balaban J connectivity index is 2.18. The third-order valence-corrected chi connectivity index (χ3v) is 3.56. The lowest BCUT2D eigenvalue weighted by Crippen LogP contribution is -2.23. The summed E-state index contributed by atoms with van der Waals surface area (Å²) in [5.41, 5.74) is 0.0349. The van der Waals surface area contributed by atoms with Crippen LogP contribution in [0.1, 0.15) is 32.1 Å². The summed E-state index contributed by atoms with van der Waals surface area (Å²) in [4.78, 5) is 0. The molecule has 0 unspecified atom stereocenters. The maximum absolute atomic E-state index is 11.8. The van der Waals surface area contributed by atoms with Crippen LogP contribution in [0.15, 0.2) is 0 Å². The van der Waals surface area contributed by atoms with E-state index in [1.807, 2.05) is 0 Å². The van der Waals surface area contributed by atoms with Crippen molar-refractivity contribution in [3.05, 3.63) is 0 Å². The fraction of sp³-hybridized carbons (Fsp3) is 1.00. The molecule has 15 heavy (non-hydrogen) atoms. The average Bonchev–Trinajstić information content (AvgIpc) is 2.60. The van der Waals surface area contributed by atoms with Crippen molar-refractivity contribution in [3.8, 4) is 0 Å². The van der Waals surface area contributed by atoms with Crippen LogP contribution in [0.3, 0.4) is 0 Å². The van der Waals surface area contributed by atoms with Gasteiger partial charge in [-0.3, -0.25) is 0 Å². The number of halogens is 4. The van der Waals surface area contributed by atoms with Crippen LogP contribution in [-0.2, 0) is 4.74 Å². The van der Waals surface area contributed by atoms with E-state index < -0.39 is 12.8 Å². The van der Waals surface area contributed by atoms with Gasteiger partial charge in [0.1, 0.15) is 6.61 Å². The lowest BCUT2D eigenvalue weighted by Gasteiger charge is -2.25. The van der Waals surface area contributed by atoms with Crippen LogP contribution in [0.4, 0.5) is 13.2 Å². The molecule has 1 fully saturated rings. The van der Waals surface area contributed by atoms with Gasteiger partial charge in [0.05, 0.1) is 0 Å². The van der Waals surface area contributed by atoms with E-state index in [0.717, 1.165) is 25.7 Å². The van der Waals surface area contributed by atoms with E-state index in [4.69, 9.17) is 11.6 Å². The van der Waals surface area contributed by atoms with Crippen molar-refractivity contribution in [2.24, 2.45) is 5.41 Å². The van der Waals surface area contributed by atoms with Gasteiger partial charge in [0.2, 0.25) is 0 Å². The van der Waals surface area contributed by atoms with E-state index in [0.29, 0.717) is 12.3 Å². The molecule has 0 heterocycles. The van der Waals surface area contributed by atoms with Gasteiger partial charge in [-0.1, -0.05) is 12.8 Å². The SMILES string of the molecule is FC(F)(F)COCCC1(CCl)CCCC1. The van der Waals surface area contributed by atoms with E-state index in [9.17, 15) is 13.2 Å². The van der Waals surface area contributed by atoms with Crippen molar-refractivity contribution in [1.82, 2.24) is 0 Å². The highest BCUT2D eigenvalue weighted by molar-refractivity contribution is 6.18. The van der Waals surface area contributed by atoms with Gasteiger partial charge in [-0.25, -0.2) is 0 Å². The lowest BCUT2D eigenvalue weighted by atomic mass is 9.85. The Morgan fingerprint density at radius 3 is 2.27 bits per heavy atom. The molecule has 1 rings (SSSR count). The second-order valence-corrected chi connectivity index (χ2v) is 4.53. The number of alkyl halides is 4. The zero-order chi connectivity index (χ0) is 11.4. The second-order valence-electron chi connectivity index (χ2n) is 4.26. The van der Waals surface area contributed by atoms with Crippen LogP contribution in [0, 0.1) is 5.41 Å². The molecule has 0 amide bonds. The van der Waals surface area contributed by atoms with Gasteiger partial charge in [0, 0.05) is 12.5 Å². The van der Waals surface area contributed by atoms with Crippen molar-refractivity contribution in [3.63, 3.8) is 0 Å². The van der Waals surface area contributed by atoms with Crippen molar-refractivity contribution >= 4 is 11.6 Å². The van der Waals surface area contributed by atoms with E-state index in [2.05, 4.69) is 4.74 Å². The first kappa shape index (κ1) is 13.1. The monoisotopic (exact) mass is 244 g/mol. The largest absolute Gasteiger partial charge is 0.411 e. The molecule has 0 radical (unpaired) electrons. The zero-order valence-electron chi connectivity index (χ0n) is 8.58. The summed E-state index contributed by atoms with van der Waals surface area (Å²) in [7, 11) is 0. The van der Waals surface area contributed by atoms with Gasteiger partial charge in [-0.05, 0) is 24.7 Å². The summed E-state index contributed by atoms with van der Waals surface area (Å²) < 4.78 is 40.0. The Kier molecular flexibility index (Phi) is 4.71. The van der Waals surface area contributed by atoms with Crippen LogP contribution < -0.4 is 0 Å². The molecular formula is C10H16ClF3O. The molecule has 1 aliphatic rings. The van der Waals surface area contributed by atoms with Crippen LogP contribution >= 0.6 is 11.6 Å². The Hall–Kier alpha value is 0.0400. The van der Waals surface area contributed by atoms with Crippen LogP contribution in [-0.4, -0.2) is 25.3 Å². The molecule has 0 atom stereocenters. The summed E-state index contributed by atoms with van der Waals surface area (Å²) in [5, 5.41) is 0. The molecule has 1 saturated carbocycles. The van der Waals surface area contributed by atoms with Crippen molar-refractivity contribution in [1.29, 1.82) is 0 Å². The number of hydrogen-bond acceptors (Lipinski definition) is 1. The molecule has 0 aliphatic heterocycles. The smallest absolute Gasteiger partial charge is 0.372 e. The maximum atomic E-state index is 11.8. The molecule has 1 nitrogen and oxygen atoms in total. The Labute approximate surface area is 92.9 Å². The third kappa shape index (κ3) is 4.60. The molecule has 90 valence electrons. The van der Waals surface area contributed by atoms with Crippen LogP contribution in [0.25, 0.3) is 0 Å². The van der Waals surface area contributed by atoms with Gasteiger partial charge in [-0.2, -0.15) is 13.2 Å². The highest BCUT2D eigenvalue weighted by atomic mass is 35.5. The molecule has 0 bridgehead atoms. The zero-order valence-corrected chi connectivity index (χ0v) is 9.33. The molecule has 5 heteroatoms. The normalized spacial score (nSPS) is 20.8. The number of ether oxygens (including phenoxy) is 1. The second kappa shape index (κ2) is 5.39. The summed E-state index contributed by atoms with van der Waals surface area (Å²) in [6.45, 7) is -0.988. The van der Waals surface area contributed by atoms with E-state index in [1.54, 1.807) is 0 Å². The lowest BCUT2D eigenvalue weighted by molar-refractivity contribution is -0.175. The molecule has 0 spiro atoms. The molecular weight excluding hydrogens is 229 g/mol. The number of hydrogen-bond donors (Lipinski definition) is 0. The topological polar surface area (TPSA) is 9.23 Å². The quantitative estimate of drug-likeness (QED) is 0.529. The Bertz CT molecular complexity index is 188. The molecule has 0 aromatic carbocycles. The summed E-state index contributed by atoms with van der Waals surface area (Å²) in [6, 6.07) is 0. The fourth-order valence-electron chi connectivity index (χ4n) is 2.05.